The topological polar surface area (TPSA) is 117 Å². The minimum absolute atomic E-state index is 0.0214. The third kappa shape index (κ3) is 5.77. The minimum Gasteiger partial charge on any atom is -0.493 e. The maximum Gasteiger partial charge on any atom is 0.338 e. The van der Waals surface area contributed by atoms with Crippen LogP contribution in [0.15, 0.2) is 65.6 Å². The van der Waals surface area contributed by atoms with Crippen LogP contribution in [0.1, 0.15) is 40.1 Å². The number of benzene rings is 3. The molecule has 3 aromatic rings. The molecule has 10 heteroatoms. The molecule has 1 aliphatic rings. The maximum absolute atomic E-state index is 12.8. The molecule has 0 amide bonds. The molecule has 0 bridgehead atoms. The van der Waals surface area contributed by atoms with Crippen molar-refractivity contribution < 1.29 is 37.0 Å². The largest absolute Gasteiger partial charge is 0.493 e. The molecule has 4 rings (SSSR count). The molecule has 0 aliphatic carbocycles. The van der Waals surface area contributed by atoms with Crippen molar-refractivity contribution in [1.82, 2.24) is 0 Å². The Labute approximate surface area is 209 Å². The summed E-state index contributed by atoms with van der Waals surface area (Å²) in [5.74, 6) is 0.666. The Kier molecular flexibility index (Phi) is 7.44. The van der Waals surface area contributed by atoms with Crippen molar-refractivity contribution in [2.24, 2.45) is 0 Å². The highest BCUT2D eigenvalue weighted by Crippen LogP contribution is 2.32. The van der Waals surface area contributed by atoms with Gasteiger partial charge in [-0.3, -0.25) is 9.52 Å². The van der Waals surface area contributed by atoms with Crippen LogP contribution >= 0.6 is 0 Å². The van der Waals surface area contributed by atoms with Gasteiger partial charge < -0.3 is 18.9 Å². The van der Waals surface area contributed by atoms with Gasteiger partial charge in [-0.1, -0.05) is 0 Å². The normalized spacial score (nSPS) is 12.5. The summed E-state index contributed by atoms with van der Waals surface area (Å²) < 4.78 is 49.9. The number of Topliss-reactive ketones (excluding diaryl/α,β-unsaturated/α-hetero) is 1. The fourth-order valence-electron chi connectivity index (χ4n) is 3.51. The van der Waals surface area contributed by atoms with E-state index in [-0.39, 0.29) is 28.5 Å². The first-order chi connectivity index (χ1) is 17.3. The van der Waals surface area contributed by atoms with E-state index in [1.165, 1.54) is 43.3 Å². The second-order valence-corrected chi connectivity index (χ2v) is 9.56. The number of carbonyl (C=O) groups excluding carboxylic acids is 2. The number of carbonyl (C=O) groups is 2. The van der Waals surface area contributed by atoms with E-state index in [1.807, 2.05) is 6.92 Å². The number of hydrogen-bond donors (Lipinski definition) is 1. The molecular weight excluding hydrogens is 486 g/mol. The van der Waals surface area contributed by atoms with Crippen molar-refractivity contribution in [2.75, 3.05) is 24.5 Å². The van der Waals surface area contributed by atoms with Crippen molar-refractivity contribution in [3.05, 3.63) is 77.4 Å². The molecule has 188 valence electrons. The molecule has 0 saturated carbocycles. The Morgan fingerprint density at radius 1 is 0.917 bits per heavy atom. The van der Waals surface area contributed by atoms with Gasteiger partial charge in [-0.05, 0) is 68.4 Å². The van der Waals surface area contributed by atoms with Crippen molar-refractivity contribution in [2.45, 2.75) is 25.3 Å². The highest BCUT2D eigenvalue weighted by Gasteiger charge is 2.20. The Balaban J connectivity index is 1.42. The average molecular weight is 512 g/mol. The zero-order valence-electron chi connectivity index (χ0n) is 19.8. The number of hydrogen-bond acceptors (Lipinski definition) is 8. The fourth-order valence-corrected chi connectivity index (χ4v) is 4.59. The summed E-state index contributed by atoms with van der Waals surface area (Å²) >= 11 is 0. The van der Waals surface area contributed by atoms with Gasteiger partial charge in [0.2, 0.25) is 0 Å². The lowest BCUT2D eigenvalue weighted by molar-refractivity contribution is 0.0469. The number of rotatable bonds is 9. The molecule has 1 N–H and O–H groups in total. The van der Waals surface area contributed by atoms with Gasteiger partial charge in [-0.15, -0.1) is 0 Å². The monoisotopic (exact) mass is 511 g/mol. The van der Waals surface area contributed by atoms with E-state index in [1.54, 1.807) is 24.3 Å². The molecule has 0 fully saturated rings. The predicted molar refractivity (Wildman–Crippen MR) is 131 cm³/mol. The van der Waals surface area contributed by atoms with E-state index < -0.39 is 16.0 Å². The molecule has 1 aliphatic heterocycles. The highest BCUT2D eigenvalue weighted by molar-refractivity contribution is 7.92. The lowest BCUT2D eigenvalue weighted by Gasteiger charge is -2.19. The second kappa shape index (κ2) is 10.7. The van der Waals surface area contributed by atoms with E-state index in [4.69, 9.17) is 18.9 Å². The van der Waals surface area contributed by atoms with Crippen LogP contribution in [0.3, 0.4) is 0 Å². The van der Waals surface area contributed by atoms with Gasteiger partial charge in [0.1, 0.15) is 25.6 Å². The summed E-state index contributed by atoms with van der Waals surface area (Å²) in [6, 6.07) is 15.2. The van der Waals surface area contributed by atoms with Crippen LogP contribution in [-0.2, 0) is 21.4 Å². The van der Waals surface area contributed by atoms with Crippen LogP contribution < -0.4 is 18.9 Å². The minimum atomic E-state index is -3.89. The highest BCUT2D eigenvalue weighted by atomic mass is 32.2. The number of anilines is 1. The van der Waals surface area contributed by atoms with Crippen molar-refractivity contribution in [3.63, 3.8) is 0 Å². The van der Waals surface area contributed by atoms with Gasteiger partial charge in [0.15, 0.2) is 17.3 Å². The molecule has 0 atom stereocenters. The van der Waals surface area contributed by atoms with E-state index in [9.17, 15) is 18.0 Å². The van der Waals surface area contributed by atoms with Crippen LogP contribution in [0.25, 0.3) is 0 Å². The van der Waals surface area contributed by atoms with E-state index in [0.29, 0.717) is 48.2 Å². The van der Waals surface area contributed by atoms with Crippen LogP contribution in [0.5, 0.6) is 17.2 Å². The van der Waals surface area contributed by atoms with Gasteiger partial charge in [-0.2, -0.15) is 0 Å². The molecule has 0 unspecified atom stereocenters. The molecule has 0 aromatic heterocycles. The maximum atomic E-state index is 12.8. The van der Waals surface area contributed by atoms with Crippen LogP contribution in [0.4, 0.5) is 5.69 Å². The quantitative estimate of drug-likeness (QED) is 0.335. The van der Waals surface area contributed by atoms with Gasteiger partial charge in [0.25, 0.3) is 10.0 Å². The summed E-state index contributed by atoms with van der Waals surface area (Å²) in [6.07, 6.45) is 0. The zero-order chi connectivity index (χ0) is 25.7. The van der Waals surface area contributed by atoms with Crippen molar-refractivity contribution in [1.29, 1.82) is 0 Å². The van der Waals surface area contributed by atoms with Crippen molar-refractivity contribution >= 4 is 27.5 Å². The Morgan fingerprint density at radius 3 is 2.31 bits per heavy atom. The van der Waals surface area contributed by atoms with Crippen molar-refractivity contribution in [3.8, 4) is 17.2 Å². The molecular formula is C26H25NO8S. The molecule has 0 spiro atoms. The lowest BCUT2D eigenvalue weighted by atomic mass is 10.1. The number of fused-ring (bicyclic) bond motifs is 1. The summed E-state index contributed by atoms with van der Waals surface area (Å²) in [5, 5.41) is 0. The van der Waals surface area contributed by atoms with Gasteiger partial charge >= 0.3 is 5.97 Å². The first-order valence-corrected chi connectivity index (χ1v) is 12.7. The fraction of sp³-hybridized carbons (Fsp3) is 0.231. The SMILES string of the molecule is CCOc1ccc(C(C)=O)cc1COC(=O)c1ccc(NS(=O)(=O)c2ccc3c(c2)OCCO3)cc1. The molecule has 1 heterocycles. The molecule has 36 heavy (non-hydrogen) atoms. The molecule has 3 aromatic carbocycles. The Morgan fingerprint density at radius 2 is 1.61 bits per heavy atom. The molecule has 0 radical (unpaired) electrons. The zero-order valence-corrected chi connectivity index (χ0v) is 20.6. The first kappa shape index (κ1) is 25.1. The first-order valence-electron chi connectivity index (χ1n) is 11.2. The third-order valence-corrected chi connectivity index (χ3v) is 6.70. The smallest absolute Gasteiger partial charge is 0.338 e. The summed E-state index contributed by atoms with van der Waals surface area (Å²) in [5.41, 5.74) is 1.56. The van der Waals surface area contributed by atoms with E-state index in [2.05, 4.69) is 4.72 Å². The molecule has 0 saturated heterocycles. The van der Waals surface area contributed by atoms with Crippen LogP contribution in [-0.4, -0.2) is 40.0 Å². The number of ether oxygens (including phenoxy) is 4. The van der Waals surface area contributed by atoms with E-state index >= 15 is 0 Å². The van der Waals surface area contributed by atoms with Gasteiger partial charge in [-0.25, -0.2) is 13.2 Å². The second-order valence-electron chi connectivity index (χ2n) is 7.88. The average Bonchev–Trinajstić information content (AvgIpc) is 2.88. The van der Waals surface area contributed by atoms with Crippen LogP contribution in [0.2, 0.25) is 0 Å². The number of ketones is 1. The summed E-state index contributed by atoms with van der Waals surface area (Å²) in [4.78, 5) is 24.3. The van der Waals surface area contributed by atoms with Gasteiger partial charge in [0.05, 0.1) is 17.1 Å². The standard InChI is InChI=1S/C26H25NO8S/c1-3-32-23-10-6-19(17(2)28)14-20(23)16-35-26(29)18-4-7-21(8-5-18)27-36(30,31)22-9-11-24-25(15-22)34-13-12-33-24/h4-11,14-15,27H,3,12-13,16H2,1-2H3. The number of esters is 1. The summed E-state index contributed by atoms with van der Waals surface area (Å²) in [7, 11) is -3.89. The third-order valence-electron chi connectivity index (χ3n) is 5.32. The van der Waals surface area contributed by atoms with Crippen LogP contribution in [0, 0.1) is 0 Å². The molecule has 9 nitrogen and oxygen atoms in total. The Hall–Kier alpha value is -4.05. The number of nitrogens with one attached hydrogen (secondary N) is 1. The summed E-state index contributed by atoms with van der Waals surface area (Å²) in [6.45, 7) is 4.37. The Bertz CT molecular complexity index is 1380. The van der Waals surface area contributed by atoms with Gasteiger partial charge in [0, 0.05) is 22.9 Å². The predicted octanol–water partition coefficient (Wildman–Crippen LogP) is 4.22. The lowest BCUT2D eigenvalue weighted by Crippen LogP contribution is -2.17. The number of sulfonamides is 1. The van der Waals surface area contributed by atoms with E-state index in [0.717, 1.165) is 0 Å².